The van der Waals surface area contributed by atoms with Gasteiger partial charge in [0.05, 0.1) is 26.4 Å². The Kier molecular flexibility index (Phi) is 13.8. The van der Waals surface area contributed by atoms with E-state index in [4.69, 9.17) is 18.5 Å². The minimum absolute atomic E-state index is 0.0404. The summed E-state index contributed by atoms with van der Waals surface area (Å²) in [6.45, 7) is 5.11. The predicted octanol–water partition coefficient (Wildman–Crippen LogP) is 5.74. The van der Waals surface area contributed by atoms with Crippen molar-refractivity contribution in [2.24, 2.45) is 0 Å². The van der Waals surface area contributed by atoms with E-state index in [1.165, 1.54) is 37.3 Å². The summed E-state index contributed by atoms with van der Waals surface area (Å²) >= 11 is 0. The zero-order valence-electron chi connectivity index (χ0n) is 36.0. The molecular weight excluding hydrogens is 847 g/mol. The zero-order chi connectivity index (χ0) is 45.0. The van der Waals surface area contributed by atoms with Gasteiger partial charge in [0.2, 0.25) is 17.7 Å². The first kappa shape index (κ1) is 44.9. The van der Waals surface area contributed by atoms with Crippen LogP contribution in [-0.2, 0) is 41.3 Å². The zero-order valence-corrected chi connectivity index (χ0v) is 36.9. The second kappa shape index (κ2) is 19.6. The van der Waals surface area contributed by atoms with Crippen molar-refractivity contribution in [2.45, 2.75) is 95.3 Å². The number of nitrogens with one attached hydrogen (secondary N) is 2. The number of morpholine rings is 1. The number of ether oxygens (including phenoxy) is 2. The Labute approximate surface area is 370 Å². The molecule has 3 fully saturated rings. The van der Waals surface area contributed by atoms with E-state index in [1.807, 2.05) is 6.92 Å². The molecule has 2 unspecified atom stereocenters. The molecule has 4 aromatic rings. The largest absolute Gasteiger partial charge is 0.465 e. The minimum atomic E-state index is -4.53. The number of fused-ring (bicyclic) bond motifs is 3. The van der Waals surface area contributed by atoms with Crippen LogP contribution in [0, 0.1) is 0 Å². The number of halogens is 1. The van der Waals surface area contributed by atoms with Gasteiger partial charge in [-0.3, -0.25) is 28.5 Å². The average Bonchev–Trinajstić information content (AvgIpc) is 3.95. The van der Waals surface area contributed by atoms with Crippen LogP contribution in [0.15, 0.2) is 71.3 Å². The van der Waals surface area contributed by atoms with Gasteiger partial charge in [-0.05, 0) is 98.5 Å². The first-order valence-corrected chi connectivity index (χ1v) is 23.9. The number of aryl methyl sites for hydroxylation is 1. The molecule has 4 aliphatic rings. The van der Waals surface area contributed by atoms with Crippen LogP contribution in [0.25, 0.3) is 10.8 Å². The normalized spacial score (nSPS) is 22.0. The van der Waals surface area contributed by atoms with Crippen LogP contribution in [0.3, 0.4) is 0 Å². The lowest BCUT2D eigenvalue weighted by atomic mass is 9.96. The number of carbonyl (C=O) groups is 5. The molecule has 0 saturated carbocycles. The highest BCUT2D eigenvalue weighted by Crippen LogP contribution is 2.58. The molecule has 64 heavy (non-hydrogen) atoms. The molecule has 6 atom stereocenters. The fourth-order valence-corrected chi connectivity index (χ4v) is 10.9. The molecule has 340 valence electrons. The number of amides is 4. The minimum Gasteiger partial charge on any atom is -0.465 e. The summed E-state index contributed by atoms with van der Waals surface area (Å²) < 4.78 is 53.3. The highest BCUT2D eigenvalue weighted by Gasteiger charge is 2.47. The predicted molar refractivity (Wildman–Crippen MR) is 232 cm³/mol. The van der Waals surface area contributed by atoms with Crippen molar-refractivity contribution in [1.29, 1.82) is 0 Å². The van der Waals surface area contributed by atoms with Crippen molar-refractivity contribution in [3.8, 4) is 5.75 Å². The number of rotatable bonds is 13. The van der Waals surface area contributed by atoms with Gasteiger partial charge in [-0.25, -0.2) is 9.48 Å². The molecule has 3 saturated heterocycles. The number of hydrogen-bond acceptors (Lipinski definition) is 11. The summed E-state index contributed by atoms with van der Waals surface area (Å²) in [6, 6.07) is 13.9. The average molecular weight is 901 g/mol. The van der Waals surface area contributed by atoms with Crippen LogP contribution in [-0.4, -0.2) is 120 Å². The smallest absolute Gasteiger partial charge is 0.355 e. The second-order valence-electron chi connectivity index (χ2n) is 16.8. The van der Waals surface area contributed by atoms with Crippen LogP contribution in [0.1, 0.15) is 96.0 Å². The topological polar surface area (TPSA) is 190 Å². The number of benzene rings is 3. The fraction of sp³-hybridized carbons (Fsp3) is 0.478. The maximum atomic E-state index is 16.8. The number of esters is 1. The summed E-state index contributed by atoms with van der Waals surface area (Å²) in [7, 11) is -4.53. The van der Waals surface area contributed by atoms with Gasteiger partial charge >= 0.3 is 13.5 Å². The second-order valence-corrected chi connectivity index (χ2v) is 18.9. The molecule has 1 aliphatic carbocycles. The van der Waals surface area contributed by atoms with Crippen molar-refractivity contribution in [3.63, 3.8) is 0 Å². The van der Waals surface area contributed by atoms with Gasteiger partial charge in [-0.2, -0.15) is 0 Å². The van der Waals surface area contributed by atoms with Gasteiger partial charge < -0.3 is 38.5 Å². The summed E-state index contributed by atoms with van der Waals surface area (Å²) in [5, 5.41) is 10.7. The Hall–Kier alpha value is -5.64. The van der Waals surface area contributed by atoms with Crippen LogP contribution in [0.4, 0.5) is 4.39 Å². The molecule has 3 aliphatic heterocycles. The summed E-state index contributed by atoms with van der Waals surface area (Å²) in [5.41, 5.74) is 1.08. The highest BCUT2D eigenvalue weighted by atomic mass is 31.2. The van der Waals surface area contributed by atoms with Gasteiger partial charge in [0.25, 0.3) is 11.8 Å². The quantitative estimate of drug-likeness (QED) is 0.123. The van der Waals surface area contributed by atoms with Gasteiger partial charge in [-0.15, -0.1) is 0 Å². The Balaban J connectivity index is 1.07. The lowest BCUT2D eigenvalue weighted by Crippen LogP contribution is -2.61. The SMILES string of the molecule is CCCOC(=O)[C@H](C)NP(=O)(Oc1ccccc1)C(F)c1ccc2ccc(C(=O)N[C@H]3CN(C(=O)c4noc5c4CCCC5)CC[C@H]4CC[C@@H](C(=O)N5CCOCC5)N4C3=O)cc2c1. The highest BCUT2D eigenvalue weighted by molar-refractivity contribution is 7.57. The molecule has 4 amide bonds. The van der Waals surface area contributed by atoms with E-state index in [0.29, 0.717) is 81.4 Å². The number of carbonyl (C=O) groups excluding carboxylic acids is 5. The lowest BCUT2D eigenvalue weighted by Gasteiger charge is -2.40. The molecule has 1 aromatic heterocycles. The molecule has 0 bridgehead atoms. The van der Waals surface area contributed by atoms with Gasteiger partial charge in [-0.1, -0.05) is 48.5 Å². The molecule has 18 heteroatoms. The molecule has 4 heterocycles. The molecular formula is C46H54FN6O10P. The fourth-order valence-electron chi connectivity index (χ4n) is 9.02. The summed E-state index contributed by atoms with van der Waals surface area (Å²) in [6.07, 6.45) is 5.18. The van der Waals surface area contributed by atoms with Gasteiger partial charge in [0.1, 0.15) is 29.6 Å². The maximum Gasteiger partial charge on any atom is 0.355 e. The summed E-state index contributed by atoms with van der Waals surface area (Å²) in [5.74, 6) is -3.83. The van der Waals surface area contributed by atoms with Crippen molar-refractivity contribution in [1.82, 2.24) is 30.3 Å². The van der Waals surface area contributed by atoms with Crippen molar-refractivity contribution in [3.05, 3.63) is 94.9 Å². The first-order chi connectivity index (χ1) is 30.9. The van der Waals surface area contributed by atoms with E-state index < -0.39 is 49.3 Å². The maximum absolute atomic E-state index is 16.8. The third-order valence-corrected chi connectivity index (χ3v) is 14.5. The van der Waals surface area contributed by atoms with Crippen molar-refractivity contribution < 1.29 is 51.4 Å². The Morgan fingerprint density at radius 3 is 2.48 bits per heavy atom. The third-order valence-electron chi connectivity index (χ3n) is 12.4. The lowest BCUT2D eigenvalue weighted by molar-refractivity contribution is -0.149. The Morgan fingerprint density at radius 2 is 1.70 bits per heavy atom. The van der Waals surface area contributed by atoms with E-state index in [2.05, 4.69) is 15.6 Å². The van der Waals surface area contributed by atoms with E-state index >= 15 is 4.39 Å². The Morgan fingerprint density at radius 1 is 0.938 bits per heavy atom. The number of hydrogen-bond donors (Lipinski definition) is 2. The number of para-hydroxylation sites is 1. The third kappa shape index (κ3) is 9.57. The van der Waals surface area contributed by atoms with Crippen molar-refractivity contribution >= 4 is 47.9 Å². The van der Waals surface area contributed by atoms with Gasteiger partial charge in [0, 0.05) is 43.2 Å². The van der Waals surface area contributed by atoms with Gasteiger partial charge in [0.15, 0.2) is 5.69 Å². The Bertz CT molecular complexity index is 2430. The van der Waals surface area contributed by atoms with E-state index in [0.717, 1.165) is 18.4 Å². The van der Waals surface area contributed by atoms with Crippen LogP contribution in [0.5, 0.6) is 5.75 Å². The van der Waals surface area contributed by atoms with Crippen LogP contribution >= 0.6 is 7.52 Å². The summed E-state index contributed by atoms with van der Waals surface area (Å²) in [4.78, 5) is 74.8. The van der Waals surface area contributed by atoms with Crippen LogP contribution < -0.4 is 14.9 Å². The van der Waals surface area contributed by atoms with Crippen molar-refractivity contribution in [2.75, 3.05) is 46.0 Å². The van der Waals surface area contributed by atoms with Crippen LogP contribution in [0.2, 0.25) is 0 Å². The first-order valence-electron chi connectivity index (χ1n) is 22.2. The molecule has 16 nitrogen and oxygen atoms in total. The molecule has 3 aromatic carbocycles. The molecule has 0 spiro atoms. The molecule has 0 radical (unpaired) electrons. The van der Waals surface area contributed by atoms with E-state index in [1.54, 1.807) is 51.1 Å². The molecule has 8 rings (SSSR count). The van der Waals surface area contributed by atoms with E-state index in [-0.39, 0.29) is 60.1 Å². The number of alkyl halides is 1. The standard InChI is InChI=1S/C46H54FN6O10P/c1-3-23-61-46(58)29(2)50-64(59,63-35-9-5-4-6-10-35)41(47)31-15-13-30-14-16-32(27-33(30)26-31)42(54)48-37-28-52(45(57)40-36-11-7-8-12-39(36)62-49-40)20-19-34-17-18-38(53(34)43(37)55)44(56)51-21-24-60-25-22-51/h4-6,9-10,13-16,26-27,29,34,37-38,41H,3,7-8,11-12,17-25,28H2,1-2H3,(H,48,54)(H,50,59)/t29-,34+,37-,38-,41?,64?/m0/s1. The monoisotopic (exact) mass is 900 g/mol. The molecule has 2 N–H and O–H groups in total. The number of aromatic nitrogens is 1. The van der Waals surface area contributed by atoms with E-state index in [9.17, 15) is 28.5 Å². The number of nitrogens with zero attached hydrogens (tertiary/aromatic N) is 4.